The quantitative estimate of drug-likeness (QED) is 0.180. The van der Waals surface area contributed by atoms with E-state index in [1.54, 1.807) is 0 Å². The van der Waals surface area contributed by atoms with Crippen LogP contribution in [0.3, 0.4) is 0 Å². The fraction of sp³-hybridized carbons (Fsp3) is 0.0204. The third kappa shape index (κ3) is 4.06. The molecule has 2 aromatic heterocycles. The van der Waals surface area contributed by atoms with Crippen LogP contribution >= 0.6 is 11.3 Å². The van der Waals surface area contributed by atoms with Gasteiger partial charge in [-0.25, -0.2) is 0 Å². The summed E-state index contributed by atoms with van der Waals surface area (Å²) in [6, 6.07) is 68.2. The smallest absolute Gasteiger partial charge is 0.140 e. The lowest BCUT2D eigenvalue weighted by Gasteiger charge is -2.33. The summed E-state index contributed by atoms with van der Waals surface area (Å²) < 4.78 is 9.72. The van der Waals surface area contributed by atoms with Crippen molar-refractivity contribution in [1.82, 2.24) is 0 Å². The molecular formula is C49H31NOS. The maximum atomic E-state index is 7.15. The van der Waals surface area contributed by atoms with E-state index >= 15 is 0 Å². The number of fused-ring (bicyclic) bond motifs is 9. The first-order chi connectivity index (χ1) is 25.8. The Labute approximate surface area is 305 Å². The Bertz CT molecular complexity index is 2930. The minimum atomic E-state index is -0.545. The summed E-state index contributed by atoms with van der Waals surface area (Å²) in [6.45, 7) is 0. The van der Waals surface area contributed by atoms with Gasteiger partial charge in [0.1, 0.15) is 11.2 Å². The maximum Gasteiger partial charge on any atom is 0.140 e. The van der Waals surface area contributed by atoms with Gasteiger partial charge in [0, 0.05) is 53.9 Å². The maximum absolute atomic E-state index is 7.15. The molecule has 8 aromatic carbocycles. The van der Waals surface area contributed by atoms with Gasteiger partial charge in [-0.1, -0.05) is 140 Å². The first kappa shape index (κ1) is 29.3. The summed E-state index contributed by atoms with van der Waals surface area (Å²) in [5.74, 6) is 0. The van der Waals surface area contributed by atoms with Crippen LogP contribution < -0.4 is 4.90 Å². The van der Waals surface area contributed by atoms with Gasteiger partial charge in [-0.05, 0) is 70.3 Å². The number of para-hydroxylation sites is 2. The second kappa shape index (κ2) is 11.3. The Morgan fingerprint density at radius 2 is 1.06 bits per heavy atom. The molecule has 10 aromatic rings. The third-order valence-electron chi connectivity index (χ3n) is 10.9. The zero-order valence-electron chi connectivity index (χ0n) is 28.2. The summed E-state index contributed by atoms with van der Waals surface area (Å²) in [7, 11) is 0. The summed E-state index contributed by atoms with van der Waals surface area (Å²) in [6.07, 6.45) is 0. The molecule has 2 heterocycles. The summed E-state index contributed by atoms with van der Waals surface area (Å²) >= 11 is 1.85. The highest BCUT2D eigenvalue weighted by molar-refractivity contribution is 7.26. The highest BCUT2D eigenvalue weighted by Crippen LogP contribution is 2.57. The second-order valence-corrected chi connectivity index (χ2v) is 14.7. The fourth-order valence-corrected chi connectivity index (χ4v) is 9.97. The van der Waals surface area contributed by atoms with Gasteiger partial charge in [-0.3, -0.25) is 0 Å². The van der Waals surface area contributed by atoms with E-state index in [-0.39, 0.29) is 0 Å². The van der Waals surface area contributed by atoms with Crippen molar-refractivity contribution in [2.45, 2.75) is 5.41 Å². The number of hydrogen-bond acceptors (Lipinski definition) is 3. The van der Waals surface area contributed by atoms with E-state index in [4.69, 9.17) is 4.42 Å². The molecule has 1 aliphatic carbocycles. The molecule has 0 fully saturated rings. The van der Waals surface area contributed by atoms with Crippen LogP contribution in [0.5, 0.6) is 0 Å². The van der Waals surface area contributed by atoms with E-state index in [2.05, 4.69) is 193 Å². The highest BCUT2D eigenvalue weighted by atomic mass is 32.1. The second-order valence-electron chi connectivity index (χ2n) is 13.6. The van der Waals surface area contributed by atoms with Crippen LogP contribution in [0, 0.1) is 0 Å². The minimum absolute atomic E-state index is 0.545. The standard InChI is InChI=1S/C49H31NOS/c1-3-15-32(16-4-1)49(40-23-10-7-19-35(40)36-20-8-11-24-41(36)49)42-25-13-22-38-37-30-29-34(31-44(37)51-48(38)42)50(33-17-5-2-6-18-33)43-26-14-28-46-47(43)39-21-9-12-27-45(39)52-46/h1-31H. The van der Waals surface area contributed by atoms with Crippen molar-refractivity contribution in [3.05, 3.63) is 210 Å². The molecule has 0 saturated carbocycles. The van der Waals surface area contributed by atoms with Crippen LogP contribution in [0.25, 0.3) is 53.2 Å². The molecule has 11 rings (SSSR count). The van der Waals surface area contributed by atoms with Gasteiger partial charge in [0.15, 0.2) is 0 Å². The lowest BCUT2D eigenvalue weighted by Crippen LogP contribution is -2.28. The van der Waals surface area contributed by atoms with E-state index in [1.165, 1.54) is 48.0 Å². The van der Waals surface area contributed by atoms with E-state index in [9.17, 15) is 0 Å². The first-order valence-electron chi connectivity index (χ1n) is 17.8. The van der Waals surface area contributed by atoms with E-state index in [0.717, 1.165) is 44.6 Å². The van der Waals surface area contributed by atoms with Crippen molar-refractivity contribution in [2.75, 3.05) is 4.90 Å². The first-order valence-corrected chi connectivity index (χ1v) is 18.6. The van der Waals surface area contributed by atoms with Crippen LogP contribution in [0.2, 0.25) is 0 Å². The molecule has 0 saturated heterocycles. The Morgan fingerprint density at radius 1 is 0.442 bits per heavy atom. The van der Waals surface area contributed by atoms with Gasteiger partial charge in [0.25, 0.3) is 0 Å². The van der Waals surface area contributed by atoms with Crippen LogP contribution in [0.1, 0.15) is 22.3 Å². The van der Waals surface area contributed by atoms with Gasteiger partial charge >= 0.3 is 0 Å². The molecule has 244 valence electrons. The lowest BCUT2D eigenvalue weighted by atomic mass is 9.67. The molecule has 1 aliphatic rings. The molecule has 0 spiro atoms. The van der Waals surface area contributed by atoms with Crippen LogP contribution in [-0.4, -0.2) is 0 Å². The van der Waals surface area contributed by atoms with Crippen molar-refractivity contribution >= 4 is 70.5 Å². The predicted octanol–water partition coefficient (Wildman–Crippen LogP) is 13.8. The number of thiophene rings is 1. The predicted molar refractivity (Wildman–Crippen MR) is 219 cm³/mol. The molecule has 0 radical (unpaired) electrons. The zero-order valence-corrected chi connectivity index (χ0v) is 29.0. The molecular weight excluding hydrogens is 651 g/mol. The monoisotopic (exact) mass is 681 g/mol. The van der Waals surface area contributed by atoms with Crippen molar-refractivity contribution in [3.63, 3.8) is 0 Å². The molecule has 0 amide bonds. The minimum Gasteiger partial charge on any atom is -0.456 e. The highest BCUT2D eigenvalue weighted by Gasteiger charge is 2.47. The number of benzene rings is 8. The molecule has 0 unspecified atom stereocenters. The van der Waals surface area contributed by atoms with E-state index < -0.39 is 5.41 Å². The molecule has 0 bridgehead atoms. The molecule has 52 heavy (non-hydrogen) atoms. The van der Waals surface area contributed by atoms with Crippen LogP contribution in [-0.2, 0) is 5.41 Å². The molecule has 2 nitrogen and oxygen atoms in total. The lowest BCUT2D eigenvalue weighted by molar-refractivity contribution is 0.648. The fourth-order valence-electron chi connectivity index (χ4n) is 8.85. The zero-order chi connectivity index (χ0) is 34.2. The molecule has 0 N–H and O–H groups in total. The van der Waals surface area contributed by atoms with Crippen molar-refractivity contribution in [1.29, 1.82) is 0 Å². The molecule has 0 aliphatic heterocycles. The summed E-state index contributed by atoms with van der Waals surface area (Å²) in [4.78, 5) is 2.38. The third-order valence-corrected chi connectivity index (χ3v) is 12.1. The topological polar surface area (TPSA) is 16.4 Å². The number of nitrogens with zero attached hydrogens (tertiary/aromatic N) is 1. The molecule has 3 heteroatoms. The van der Waals surface area contributed by atoms with Crippen LogP contribution in [0.4, 0.5) is 17.1 Å². The Balaban J connectivity index is 1.18. The van der Waals surface area contributed by atoms with E-state index in [1.807, 2.05) is 11.3 Å². The summed E-state index contributed by atoms with van der Waals surface area (Å²) in [5.41, 5.74) is 12.0. The van der Waals surface area contributed by atoms with Gasteiger partial charge in [0.2, 0.25) is 0 Å². The van der Waals surface area contributed by atoms with Gasteiger partial charge in [-0.15, -0.1) is 11.3 Å². The van der Waals surface area contributed by atoms with E-state index in [0.29, 0.717) is 0 Å². The van der Waals surface area contributed by atoms with Crippen molar-refractivity contribution in [3.8, 4) is 11.1 Å². The SMILES string of the molecule is c1ccc(N(c2ccc3c(c2)oc2c(C4(c5ccccc5)c5ccccc5-c5ccccc54)cccc23)c2cccc3sc4ccccc4c23)cc1. The average molecular weight is 682 g/mol. The largest absolute Gasteiger partial charge is 0.456 e. The Kier molecular flexibility index (Phi) is 6.37. The molecule has 0 atom stereocenters. The average Bonchev–Trinajstić information content (AvgIpc) is 3.87. The van der Waals surface area contributed by atoms with Crippen molar-refractivity contribution < 1.29 is 4.42 Å². The number of rotatable bonds is 5. The number of hydrogen-bond donors (Lipinski definition) is 0. The van der Waals surface area contributed by atoms with Crippen LogP contribution in [0.15, 0.2) is 192 Å². The van der Waals surface area contributed by atoms with Gasteiger partial charge in [-0.2, -0.15) is 0 Å². The van der Waals surface area contributed by atoms with Gasteiger partial charge < -0.3 is 9.32 Å². The number of anilines is 3. The number of furan rings is 1. The Morgan fingerprint density at radius 3 is 1.85 bits per heavy atom. The summed E-state index contributed by atoms with van der Waals surface area (Å²) in [5, 5.41) is 4.77. The normalized spacial score (nSPS) is 13.2. The van der Waals surface area contributed by atoms with Crippen molar-refractivity contribution in [2.24, 2.45) is 0 Å². The van der Waals surface area contributed by atoms with Gasteiger partial charge in [0.05, 0.1) is 11.1 Å². The Hall–Kier alpha value is -6.42.